The van der Waals surface area contributed by atoms with Gasteiger partial charge in [0.1, 0.15) is 5.54 Å². The molecule has 3 aliphatic rings. The number of likely N-dealkylation sites (tertiary alicyclic amines) is 1. The maximum Gasteiger partial charge on any atom is 0.410 e. The van der Waals surface area contributed by atoms with Crippen molar-refractivity contribution in [3.8, 4) is 6.07 Å². The first-order valence-corrected chi connectivity index (χ1v) is 11.6. The summed E-state index contributed by atoms with van der Waals surface area (Å²) in [5, 5.41) is 13.0. The highest BCUT2D eigenvalue weighted by atomic mass is 16.6. The summed E-state index contributed by atoms with van der Waals surface area (Å²) in [6.45, 7) is 3.80. The zero-order valence-electron chi connectivity index (χ0n) is 18.6. The Labute approximate surface area is 189 Å². The second kappa shape index (κ2) is 9.88. The van der Waals surface area contributed by atoms with Crippen molar-refractivity contribution in [2.24, 2.45) is 0 Å². The van der Waals surface area contributed by atoms with Gasteiger partial charge in [-0.15, -0.1) is 0 Å². The molecule has 1 aliphatic carbocycles. The monoisotopic (exact) mass is 440 g/mol. The molecular formula is C24H32N4O4. The topological polar surface area (TPSA) is 94.9 Å². The first-order chi connectivity index (χ1) is 15.5. The van der Waals surface area contributed by atoms with Gasteiger partial charge in [0.2, 0.25) is 0 Å². The summed E-state index contributed by atoms with van der Waals surface area (Å²) in [6.07, 6.45) is 3.73. The summed E-state index contributed by atoms with van der Waals surface area (Å²) in [6, 6.07) is 12.5. The molecule has 0 radical (unpaired) electrons. The van der Waals surface area contributed by atoms with Crippen LogP contribution in [0.3, 0.4) is 0 Å². The predicted molar refractivity (Wildman–Crippen MR) is 118 cm³/mol. The van der Waals surface area contributed by atoms with Crippen molar-refractivity contribution in [3.05, 3.63) is 35.9 Å². The highest BCUT2D eigenvalue weighted by Crippen LogP contribution is 2.34. The molecule has 172 valence electrons. The molecule has 32 heavy (non-hydrogen) atoms. The molecule has 2 amide bonds. The Morgan fingerprint density at radius 3 is 2.47 bits per heavy atom. The number of hydrogen-bond donors (Lipinski definition) is 1. The van der Waals surface area contributed by atoms with Gasteiger partial charge in [-0.2, -0.15) is 5.26 Å². The Balaban J connectivity index is 1.43. The molecule has 4 rings (SSSR count). The molecule has 1 saturated carbocycles. The molecular weight excluding hydrogens is 408 g/mol. The Hall–Kier alpha value is -2.63. The van der Waals surface area contributed by atoms with Gasteiger partial charge in [-0.25, -0.2) is 4.79 Å². The zero-order valence-corrected chi connectivity index (χ0v) is 18.6. The first kappa shape index (κ1) is 22.6. The number of benzene rings is 1. The number of amides is 2. The second-order valence-electron chi connectivity index (χ2n) is 9.12. The van der Waals surface area contributed by atoms with Gasteiger partial charge >= 0.3 is 6.09 Å². The summed E-state index contributed by atoms with van der Waals surface area (Å²) in [4.78, 5) is 30.1. The number of nitriles is 1. The number of carbonyl (C=O) groups is 2. The van der Waals surface area contributed by atoms with Crippen molar-refractivity contribution in [2.75, 3.05) is 39.4 Å². The van der Waals surface area contributed by atoms with Crippen LogP contribution in [0.2, 0.25) is 0 Å². The highest BCUT2D eigenvalue weighted by molar-refractivity contribution is 5.88. The van der Waals surface area contributed by atoms with E-state index in [9.17, 15) is 14.9 Å². The van der Waals surface area contributed by atoms with E-state index in [1.807, 2.05) is 18.2 Å². The maximum atomic E-state index is 13.5. The van der Waals surface area contributed by atoms with Crippen molar-refractivity contribution in [2.45, 2.75) is 56.2 Å². The lowest BCUT2D eigenvalue weighted by Gasteiger charge is -2.39. The third-order valence-electron chi connectivity index (χ3n) is 6.79. The molecule has 8 heteroatoms. The van der Waals surface area contributed by atoms with Crippen LogP contribution in [0.15, 0.2) is 30.3 Å². The largest absolute Gasteiger partial charge is 0.433 e. The van der Waals surface area contributed by atoms with E-state index in [0.29, 0.717) is 52.1 Å². The highest BCUT2D eigenvalue weighted by Gasteiger charge is 2.49. The average Bonchev–Trinajstić information content (AvgIpc) is 3.23. The molecule has 0 bridgehead atoms. The van der Waals surface area contributed by atoms with Crippen LogP contribution in [0.1, 0.15) is 44.1 Å². The van der Waals surface area contributed by atoms with Gasteiger partial charge in [0.15, 0.2) is 5.60 Å². The van der Waals surface area contributed by atoms with Crippen molar-refractivity contribution in [1.29, 1.82) is 5.26 Å². The summed E-state index contributed by atoms with van der Waals surface area (Å²) in [7, 11) is 0. The van der Waals surface area contributed by atoms with Crippen molar-refractivity contribution in [1.82, 2.24) is 15.1 Å². The van der Waals surface area contributed by atoms with Gasteiger partial charge in [0.25, 0.3) is 5.91 Å². The van der Waals surface area contributed by atoms with Crippen LogP contribution in [0.5, 0.6) is 0 Å². The number of nitrogens with zero attached hydrogens (tertiary/aromatic N) is 3. The van der Waals surface area contributed by atoms with E-state index in [4.69, 9.17) is 9.47 Å². The van der Waals surface area contributed by atoms with Crippen molar-refractivity contribution in [3.63, 3.8) is 0 Å². The summed E-state index contributed by atoms with van der Waals surface area (Å²) in [5.41, 5.74) is -0.998. The lowest BCUT2D eigenvalue weighted by molar-refractivity contribution is -0.146. The Kier molecular flexibility index (Phi) is 6.97. The van der Waals surface area contributed by atoms with Gasteiger partial charge in [-0.3, -0.25) is 9.69 Å². The minimum absolute atomic E-state index is 0.332. The van der Waals surface area contributed by atoms with Gasteiger partial charge in [-0.1, -0.05) is 36.8 Å². The van der Waals surface area contributed by atoms with Gasteiger partial charge < -0.3 is 19.7 Å². The molecule has 8 nitrogen and oxygen atoms in total. The SMILES string of the molecule is N#CC1(NC(=O)C2(OC(=O)N3CCOCC3)CCCCC2)CCN(Cc2ccccc2)C1. The molecule has 1 aromatic rings. The van der Waals surface area contributed by atoms with Crippen LogP contribution < -0.4 is 5.32 Å². The molecule has 1 aromatic carbocycles. The third-order valence-corrected chi connectivity index (χ3v) is 6.79. The molecule has 1 unspecified atom stereocenters. The van der Waals surface area contributed by atoms with Gasteiger partial charge in [0.05, 0.1) is 19.3 Å². The minimum atomic E-state index is -1.20. The number of carbonyl (C=O) groups excluding carboxylic acids is 2. The Morgan fingerprint density at radius 1 is 1.06 bits per heavy atom. The standard InChI is InChI=1S/C24H32N4O4/c25-18-23(11-12-27(19-23)17-20-7-3-1-4-8-20)26-21(29)24(9-5-2-6-10-24)32-22(30)28-13-15-31-16-14-28/h1,3-4,7-8H,2,5-6,9-17,19H2,(H,26,29). The van der Waals surface area contributed by atoms with E-state index in [-0.39, 0.29) is 5.91 Å². The van der Waals surface area contributed by atoms with Crippen molar-refractivity contribution >= 4 is 12.0 Å². The Bertz CT molecular complexity index is 843. The first-order valence-electron chi connectivity index (χ1n) is 11.6. The van der Waals surface area contributed by atoms with E-state index in [1.54, 1.807) is 4.90 Å². The zero-order chi connectivity index (χ0) is 22.4. The predicted octanol–water partition coefficient (Wildman–Crippen LogP) is 2.44. The normalized spacial score (nSPS) is 25.7. The molecule has 3 fully saturated rings. The lowest BCUT2D eigenvalue weighted by atomic mass is 9.83. The van der Waals surface area contributed by atoms with Crippen LogP contribution in [-0.2, 0) is 20.8 Å². The molecule has 2 aliphatic heterocycles. The molecule has 0 aromatic heterocycles. The number of rotatable bonds is 5. The van der Waals surface area contributed by atoms with E-state index in [1.165, 1.54) is 5.56 Å². The van der Waals surface area contributed by atoms with Crippen LogP contribution in [0, 0.1) is 11.3 Å². The number of hydrogen-bond acceptors (Lipinski definition) is 6. The average molecular weight is 441 g/mol. The molecule has 2 saturated heterocycles. The van der Waals surface area contributed by atoms with Crippen LogP contribution in [0.25, 0.3) is 0 Å². The molecule has 1 atom stereocenters. The van der Waals surface area contributed by atoms with Crippen LogP contribution in [0.4, 0.5) is 4.79 Å². The third kappa shape index (κ3) is 5.05. The number of nitrogens with one attached hydrogen (secondary N) is 1. The van der Waals surface area contributed by atoms with Crippen molar-refractivity contribution < 1.29 is 19.1 Å². The maximum absolute atomic E-state index is 13.5. The van der Waals surface area contributed by atoms with E-state index < -0.39 is 17.2 Å². The summed E-state index contributed by atoms with van der Waals surface area (Å²) >= 11 is 0. The van der Waals surface area contributed by atoms with E-state index >= 15 is 0 Å². The molecule has 2 heterocycles. The summed E-state index contributed by atoms with van der Waals surface area (Å²) < 4.78 is 11.2. The minimum Gasteiger partial charge on any atom is -0.433 e. The van der Waals surface area contributed by atoms with Crippen LogP contribution >= 0.6 is 0 Å². The lowest BCUT2D eigenvalue weighted by Crippen LogP contribution is -2.60. The molecule has 1 N–H and O–H groups in total. The Morgan fingerprint density at radius 2 is 1.78 bits per heavy atom. The van der Waals surface area contributed by atoms with Gasteiger partial charge in [-0.05, 0) is 37.7 Å². The van der Waals surface area contributed by atoms with E-state index in [0.717, 1.165) is 32.4 Å². The fraction of sp³-hybridized carbons (Fsp3) is 0.625. The fourth-order valence-corrected chi connectivity index (χ4v) is 4.89. The van der Waals surface area contributed by atoms with Crippen LogP contribution in [-0.4, -0.2) is 72.3 Å². The van der Waals surface area contributed by atoms with E-state index in [2.05, 4.69) is 28.4 Å². The fourth-order valence-electron chi connectivity index (χ4n) is 4.89. The summed E-state index contributed by atoms with van der Waals surface area (Å²) in [5.74, 6) is -0.332. The number of morpholine rings is 1. The second-order valence-corrected chi connectivity index (χ2v) is 9.12. The smallest absolute Gasteiger partial charge is 0.410 e. The number of ether oxygens (including phenoxy) is 2. The van der Waals surface area contributed by atoms with Gasteiger partial charge in [0, 0.05) is 32.7 Å². The quantitative estimate of drug-likeness (QED) is 0.756. The molecule has 0 spiro atoms.